The van der Waals surface area contributed by atoms with Gasteiger partial charge in [-0.05, 0) is 32.8 Å². The molecular weight excluding hydrogens is 258 g/mol. The van der Waals surface area contributed by atoms with Gasteiger partial charge in [0.1, 0.15) is 5.69 Å². The van der Waals surface area contributed by atoms with Crippen LogP contribution in [-0.2, 0) is 9.53 Å². The van der Waals surface area contributed by atoms with E-state index in [1.165, 1.54) is 0 Å². The van der Waals surface area contributed by atoms with E-state index < -0.39 is 5.97 Å². The summed E-state index contributed by atoms with van der Waals surface area (Å²) in [7, 11) is 1.74. The number of hydrogen-bond acceptors (Lipinski definition) is 4. The van der Waals surface area contributed by atoms with E-state index in [-0.39, 0.29) is 18.6 Å². The van der Waals surface area contributed by atoms with Gasteiger partial charge in [0.05, 0.1) is 5.69 Å². The van der Waals surface area contributed by atoms with E-state index in [9.17, 15) is 9.59 Å². The fourth-order valence-electron chi connectivity index (χ4n) is 2.06. The van der Waals surface area contributed by atoms with Crippen molar-refractivity contribution in [3.63, 3.8) is 0 Å². The Balaban J connectivity index is 1.96. The molecule has 0 unspecified atom stereocenters. The van der Waals surface area contributed by atoms with Crippen LogP contribution in [0.1, 0.15) is 43.2 Å². The normalized spacial score (nSPS) is 14.4. The first-order valence-electron chi connectivity index (χ1n) is 6.80. The minimum atomic E-state index is -0.520. The van der Waals surface area contributed by atoms with Crippen LogP contribution in [0.4, 0.5) is 5.69 Å². The summed E-state index contributed by atoms with van der Waals surface area (Å²) < 4.78 is 6.83. The van der Waals surface area contributed by atoms with E-state index in [1.807, 2.05) is 13.8 Å². The van der Waals surface area contributed by atoms with Gasteiger partial charge in [0.2, 0.25) is 0 Å². The average molecular weight is 279 g/mol. The minimum absolute atomic E-state index is 0.0969. The van der Waals surface area contributed by atoms with Gasteiger partial charge < -0.3 is 19.9 Å². The standard InChI is InChI=1S/C14H21N3O3/c1-9(2)17-7-10(15)6-12(17)14(19)20-8-13(18)16(3)11-4-5-11/h6-7,9,11H,4-5,8,15H2,1-3H3. The van der Waals surface area contributed by atoms with Crippen molar-refractivity contribution in [3.05, 3.63) is 18.0 Å². The second-order valence-electron chi connectivity index (χ2n) is 5.47. The van der Waals surface area contributed by atoms with E-state index in [0.29, 0.717) is 17.4 Å². The van der Waals surface area contributed by atoms with Crippen LogP contribution in [0.5, 0.6) is 0 Å². The molecule has 0 aliphatic heterocycles. The average Bonchev–Trinajstić information content (AvgIpc) is 3.16. The van der Waals surface area contributed by atoms with Crippen molar-refractivity contribution in [2.75, 3.05) is 19.4 Å². The Bertz CT molecular complexity index is 518. The quantitative estimate of drug-likeness (QED) is 0.827. The summed E-state index contributed by atoms with van der Waals surface area (Å²) in [4.78, 5) is 25.5. The van der Waals surface area contributed by atoms with Crippen LogP contribution in [0.3, 0.4) is 0 Å². The smallest absolute Gasteiger partial charge is 0.355 e. The van der Waals surface area contributed by atoms with Crippen molar-refractivity contribution in [3.8, 4) is 0 Å². The van der Waals surface area contributed by atoms with Gasteiger partial charge in [-0.1, -0.05) is 0 Å². The molecule has 0 atom stereocenters. The minimum Gasteiger partial charge on any atom is -0.451 e. The maximum atomic E-state index is 12.0. The SMILES string of the molecule is CC(C)n1cc(N)cc1C(=O)OCC(=O)N(C)C1CC1. The van der Waals surface area contributed by atoms with Crippen LogP contribution in [0.15, 0.2) is 12.3 Å². The maximum Gasteiger partial charge on any atom is 0.355 e. The fraction of sp³-hybridized carbons (Fsp3) is 0.571. The zero-order chi connectivity index (χ0) is 14.9. The first-order valence-corrected chi connectivity index (χ1v) is 6.80. The van der Waals surface area contributed by atoms with Crippen LogP contribution in [-0.4, -0.2) is 41.0 Å². The van der Waals surface area contributed by atoms with Crippen molar-refractivity contribution < 1.29 is 14.3 Å². The number of amides is 1. The second-order valence-corrected chi connectivity index (χ2v) is 5.47. The molecule has 1 aromatic rings. The number of carbonyl (C=O) groups excluding carboxylic acids is 2. The first kappa shape index (κ1) is 14.4. The van der Waals surface area contributed by atoms with E-state index in [4.69, 9.17) is 10.5 Å². The summed E-state index contributed by atoms with van der Waals surface area (Å²) in [6.07, 6.45) is 3.76. The molecule has 1 aliphatic rings. The third-order valence-corrected chi connectivity index (χ3v) is 3.45. The van der Waals surface area contributed by atoms with Gasteiger partial charge in [-0.3, -0.25) is 4.79 Å². The van der Waals surface area contributed by atoms with Crippen molar-refractivity contribution in [1.29, 1.82) is 0 Å². The van der Waals surface area contributed by atoms with Crippen molar-refractivity contribution >= 4 is 17.6 Å². The van der Waals surface area contributed by atoms with Crippen molar-refractivity contribution in [2.24, 2.45) is 0 Å². The number of rotatable bonds is 5. The van der Waals surface area contributed by atoms with Gasteiger partial charge in [-0.25, -0.2) is 4.79 Å². The molecule has 1 aliphatic carbocycles. The molecule has 0 spiro atoms. The predicted octanol–water partition coefficient (Wildman–Crippen LogP) is 1.43. The largest absolute Gasteiger partial charge is 0.451 e. The number of anilines is 1. The van der Waals surface area contributed by atoms with E-state index in [2.05, 4.69) is 0 Å². The zero-order valence-electron chi connectivity index (χ0n) is 12.1. The third-order valence-electron chi connectivity index (χ3n) is 3.45. The van der Waals surface area contributed by atoms with Crippen LogP contribution >= 0.6 is 0 Å². The number of carbonyl (C=O) groups is 2. The van der Waals surface area contributed by atoms with E-state index in [0.717, 1.165) is 12.8 Å². The lowest BCUT2D eigenvalue weighted by Gasteiger charge is -2.16. The van der Waals surface area contributed by atoms with Crippen molar-refractivity contribution in [1.82, 2.24) is 9.47 Å². The Morgan fingerprint density at radius 1 is 1.50 bits per heavy atom. The molecule has 1 amide bonds. The first-order chi connectivity index (χ1) is 9.40. The maximum absolute atomic E-state index is 12.0. The molecule has 2 N–H and O–H groups in total. The Hall–Kier alpha value is -1.98. The lowest BCUT2D eigenvalue weighted by Crippen LogP contribution is -2.33. The highest BCUT2D eigenvalue weighted by atomic mass is 16.5. The molecule has 1 fully saturated rings. The molecular formula is C14H21N3O3. The number of likely N-dealkylation sites (N-methyl/N-ethyl adjacent to an activating group) is 1. The number of nitrogen functional groups attached to an aromatic ring is 1. The summed E-state index contributed by atoms with van der Waals surface area (Å²) in [5.74, 6) is -0.690. The molecule has 0 aromatic carbocycles. The van der Waals surface area contributed by atoms with Crippen LogP contribution in [0.2, 0.25) is 0 Å². The van der Waals surface area contributed by atoms with Crippen LogP contribution in [0, 0.1) is 0 Å². The molecule has 0 bridgehead atoms. The van der Waals surface area contributed by atoms with Crippen molar-refractivity contribution in [2.45, 2.75) is 38.8 Å². The fourth-order valence-corrected chi connectivity index (χ4v) is 2.06. The summed E-state index contributed by atoms with van der Waals surface area (Å²) in [5, 5.41) is 0. The van der Waals surface area contributed by atoms with Gasteiger partial charge in [0, 0.05) is 25.3 Å². The summed E-state index contributed by atoms with van der Waals surface area (Å²) in [6.45, 7) is 3.67. The summed E-state index contributed by atoms with van der Waals surface area (Å²) >= 11 is 0. The molecule has 2 rings (SSSR count). The highest BCUT2D eigenvalue weighted by molar-refractivity contribution is 5.91. The number of hydrogen-bond donors (Lipinski definition) is 1. The van der Waals surface area contributed by atoms with E-state index in [1.54, 1.807) is 28.8 Å². The molecule has 1 heterocycles. The molecule has 1 aromatic heterocycles. The van der Waals surface area contributed by atoms with Gasteiger partial charge in [-0.2, -0.15) is 0 Å². The molecule has 20 heavy (non-hydrogen) atoms. The molecule has 6 nitrogen and oxygen atoms in total. The second kappa shape index (κ2) is 5.56. The number of nitrogens with two attached hydrogens (primary N) is 1. The number of ether oxygens (including phenoxy) is 1. The Morgan fingerprint density at radius 2 is 2.15 bits per heavy atom. The number of aromatic nitrogens is 1. The Kier molecular flexibility index (Phi) is 4.01. The molecule has 1 saturated carbocycles. The van der Waals surface area contributed by atoms with Gasteiger partial charge in [0.15, 0.2) is 6.61 Å². The topological polar surface area (TPSA) is 77.6 Å². The summed E-state index contributed by atoms with van der Waals surface area (Å²) in [5.41, 5.74) is 6.58. The predicted molar refractivity (Wildman–Crippen MR) is 75.3 cm³/mol. The van der Waals surface area contributed by atoms with Gasteiger partial charge in [0.25, 0.3) is 5.91 Å². The highest BCUT2D eigenvalue weighted by Crippen LogP contribution is 2.25. The molecule has 110 valence electrons. The number of nitrogens with zero attached hydrogens (tertiary/aromatic N) is 2. The monoisotopic (exact) mass is 279 g/mol. The third kappa shape index (κ3) is 3.12. The Labute approximate surface area is 118 Å². The van der Waals surface area contributed by atoms with Crippen LogP contribution < -0.4 is 5.73 Å². The van der Waals surface area contributed by atoms with Gasteiger partial charge >= 0.3 is 5.97 Å². The lowest BCUT2D eigenvalue weighted by atomic mass is 10.3. The van der Waals surface area contributed by atoms with Crippen LogP contribution in [0.25, 0.3) is 0 Å². The zero-order valence-corrected chi connectivity index (χ0v) is 12.1. The Morgan fingerprint density at radius 3 is 2.70 bits per heavy atom. The molecule has 6 heteroatoms. The summed E-state index contributed by atoms with van der Waals surface area (Å²) in [6, 6.07) is 1.98. The number of esters is 1. The van der Waals surface area contributed by atoms with Gasteiger partial charge in [-0.15, -0.1) is 0 Å². The molecule has 0 saturated heterocycles. The van der Waals surface area contributed by atoms with E-state index >= 15 is 0 Å². The lowest BCUT2D eigenvalue weighted by molar-refractivity contribution is -0.133. The highest BCUT2D eigenvalue weighted by Gasteiger charge is 2.30. The molecule has 0 radical (unpaired) electrons.